The zero-order valence-corrected chi connectivity index (χ0v) is 28.7. The van der Waals surface area contributed by atoms with Gasteiger partial charge in [0.05, 0.1) is 11.0 Å². The van der Waals surface area contributed by atoms with Crippen molar-refractivity contribution in [2.24, 2.45) is 0 Å². The normalized spacial score (nSPS) is 11.8. The van der Waals surface area contributed by atoms with E-state index in [1.54, 1.807) is 0 Å². The molecule has 11 aromatic rings. The fraction of sp³-hybridized carbons (Fsp3) is 0. The van der Waals surface area contributed by atoms with Crippen molar-refractivity contribution in [3.63, 3.8) is 0 Å². The molecule has 11 rings (SSSR count). The van der Waals surface area contributed by atoms with Crippen LogP contribution >= 0.6 is 11.3 Å². The summed E-state index contributed by atoms with van der Waals surface area (Å²) in [5.41, 5.74) is 6.31. The molecule has 0 radical (unpaired) electrons. The summed E-state index contributed by atoms with van der Waals surface area (Å²) in [5, 5.41) is 10.00. The van der Waals surface area contributed by atoms with Gasteiger partial charge in [0.2, 0.25) is 0 Å². The number of para-hydroxylation sites is 2. The lowest BCUT2D eigenvalue weighted by Gasteiger charge is -2.10. The van der Waals surface area contributed by atoms with Crippen LogP contribution in [0.25, 0.3) is 103 Å². The maximum absolute atomic E-state index is 5.18. The number of benzene rings is 8. The van der Waals surface area contributed by atoms with Gasteiger partial charge in [-0.05, 0) is 58.6 Å². The molecule has 3 aromatic heterocycles. The minimum atomic E-state index is 0.649. The number of aromatic nitrogens is 4. The Kier molecular flexibility index (Phi) is 6.39. The second-order valence-electron chi connectivity index (χ2n) is 13.2. The first-order valence-corrected chi connectivity index (χ1v) is 18.3. The Morgan fingerprint density at radius 3 is 1.81 bits per heavy atom. The van der Waals surface area contributed by atoms with Gasteiger partial charge >= 0.3 is 0 Å². The monoisotopic (exact) mass is 680 g/mol. The number of nitrogens with zero attached hydrogens (tertiary/aromatic N) is 4. The van der Waals surface area contributed by atoms with Crippen molar-refractivity contribution in [3.05, 3.63) is 170 Å². The molecule has 0 saturated heterocycles. The minimum Gasteiger partial charge on any atom is -0.309 e. The zero-order chi connectivity index (χ0) is 34.2. The minimum absolute atomic E-state index is 0.649. The van der Waals surface area contributed by atoms with Crippen LogP contribution in [-0.2, 0) is 0 Å². The molecule has 0 atom stereocenters. The molecule has 0 aliphatic heterocycles. The Morgan fingerprint density at radius 1 is 0.385 bits per heavy atom. The summed E-state index contributed by atoms with van der Waals surface area (Å²) in [6.45, 7) is 0. The molecule has 0 unspecified atom stereocenters. The molecular formula is C47H28N4S. The van der Waals surface area contributed by atoms with Gasteiger partial charge in [0, 0.05) is 58.7 Å². The third kappa shape index (κ3) is 4.50. The smallest absolute Gasteiger partial charge is 0.164 e. The Hall–Kier alpha value is -6.69. The van der Waals surface area contributed by atoms with Crippen molar-refractivity contribution >= 4 is 74.9 Å². The molecule has 0 aliphatic carbocycles. The molecule has 5 heteroatoms. The van der Waals surface area contributed by atoms with Crippen LogP contribution in [0.4, 0.5) is 0 Å². The Bertz CT molecular complexity index is 3180. The fourth-order valence-electron chi connectivity index (χ4n) is 7.78. The summed E-state index contributed by atoms with van der Waals surface area (Å²) in [6.07, 6.45) is 0. The van der Waals surface area contributed by atoms with E-state index in [0.717, 1.165) is 33.3 Å². The maximum Gasteiger partial charge on any atom is 0.164 e. The van der Waals surface area contributed by atoms with Gasteiger partial charge in [-0.15, -0.1) is 11.3 Å². The van der Waals surface area contributed by atoms with Crippen LogP contribution in [-0.4, -0.2) is 19.5 Å². The van der Waals surface area contributed by atoms with E-state index in [4.69, 9.17) is 15.0 Å². The van der Waals surface area contributed by atoms with E-state index in [1.165, 1.54) is 52.6 Å². The lowest BCUT2D eigenvalue weighted by molar-refractivity contribution is 1.07. The van der Waals surface area contributed by atoms with E-state index in [2.05, 4.69) is 156 Å². The summed E-state index contributed by atoms with van der Waals surface area (Å²) in [5.74, 6) is 1.96. The first kappa shape index (κ1) is 29.1. The molecule has 8 aromatic carbocycles. The van der Waals surface area contributed by atoms with Gasteiger partial charge in [-0.2, -0.15) is 0 Å². The second kappa shape index (κ2) is 11.4. The lowest BCUT2D eigenvalue weighted by Crippen LogP contribution is -2.00. The van der Waals surface area contributed by atoms with Gasteiger partial charge < -0.3 is 4.57 Å². The number of hydrogen-bond donors (Lipinski definition) is 0. The van der Waals surface area contributed by atoms with Crippen molar-refractivity contribution in [2.45, 2.75) is 0 Å². The maximum atomic E-state index is 5.18. The molecule has 52 heavy (non-hydrogen) atoms. The molecule has 0 spiro atoms. The molecule has 0 bridgehead atoms. The van der Waals surface area contributed by atoms with Crippen LogP contribution in [0.1, 0.15) is 0 Å². The summed E-state index contributed by atoms with van der Waals surface area (Å²) in [4.78, 5) is 15.3. The SMILES string of the molecule is c1ccc(-c2nc(-c3ccc4c(c3)sc3c4ccc4ccc5ccccc5c43)nc(-c3ccc4c(c3)c3ccccc3n4-c3ccccc3)n2)cc1. The zero-order valence-electron chi connectivity index (χ0n) is 27.9. The number of fused-ring (bicyclic) bond motifs is 10. The van der Waals surface area contributed by atoms with Crippen molar-refractivity contribution < 1.29 is 0 Å². The van der Waals surface area contributed by atoms with E-state index < -0.39 is 0 Å². The van der Waals surface area contributed by atoms with Crippen LogP contribution < -0.4 is 0 Å². The van der Waals surface area contributed by atoms with Gasteiger partial charge in [-0.1, -0.05) is 127 Å². The van der Waals surface area contributed by atoms with Crippen molar-refractivity contribution in [2.75, 3.05) is 0 Å². The highest BCUT2D eigenvalue weighted by molar-refractivity contribution is 7.26. The van der Waals surface area contributed by atoms with E-state index in [-0.39, 0.29) is 0 Å². The van der Waals surface area contributed by atoms with Crippen LogP contribution in [0.2, 0.25) is 0 Å². The van der Waals surface area contributed by atoms with Crippen molar-refractivity contribution in [1.29, 1.82) is 0 Å². The number of hydrogen-bond acceptors (Lipinski definition) is 4. The highest BCUT2D eigenvalue weighted by Crippen LogP contribution is 2.42. The highest BCUT2D eigenvalue weighted by atomic mass is 32.1. The van der Waals surface area contributed by atoms with Crippen LogP contribution in [0, 0.1) is 0 Å². The van der Waals surface area contributed by atoms with Gasteiger partial charge in [0.25, 0.3) is 0 Å². The average Bonchev–Trinajstić information content (AvgIpc) is 3.76. The van der Waals surface area contributed by atoms with Crippen LogP contribution in [0.3, 0.4) is 0 Å². The molecule has 0 amide bonds. The predicted molar refractivity (Wildman–Crippen MR) is 218 cm³/mol. The standard InChI is InChI=1S/C47H28N4S/c1-3-12-31(13-4-1)45-48-46(32-23-26-41-39(27-32)36-17-9-10-18-40(36)51(41)34-14-5-2-6-15-34)50-47(49-45)33-22-24-37-38-25-21-30-20-19-29-11-7-8-16-35(29)43(30)44(38)52-42(37)28-33/h1-28H. The third-order valence-corrected chi connectivity index (χ3v) is 11.4. The first-order chi connectivity index (χ1) is 25.8. The number of rotatable bonds is 4. The Balaban J connectivity index is 1.11. The molecule has 0 fully saturated rings. The molecule has 0 saturated carbocycles. The summed E-state index contributed by atoms with van der Waals surface area (Å²) >= 11 is 1.85. The third-order valence-electron chi connectivity index (χ3n) is 10.2. The molecule has 3 heterocycles. The molecule has 4 nitrogen and oxygen atoms in total. The van der Waals surface area contributed by atoms with E-state index >= 15 is 0 Å². The molecule has 0 N–H and O–H groups in total. The van der Waals surface area contributed by atoms with Crippen LogP contribution in [0.15, 0.2) is 170 Å². The first-order valence-electron chi connectivity index (χ1n) is 17.4. The fourth-order valence-corrected chi connectivity index (χ4v) is 9.09. The second-order valence-corrected chi connectivity index (χ2v) is 14.3. The lowest BCUT2D eigenvalue weighted by atomic mass is 9.99. The summed E-state index contributed by atoms with van der Waals surface area (Å²) < 4.78 is 4.85. The largest absolute Gasteiger partial charge is 0.309 e. The molecule has 242 valence electrons. The topological polar surface area (TPSA) is 43.6 Å². The molecule has 0 aliphatic rings. The molecular weight excluding hydrogens is 653 g/mol. The van der Waals surface area contributed by atoms with Gasteiger partial charge in [0.15, 0.2) is 17.5 Å². The summed E-state index contributed by atoms with van der Waals surface area (Å²) in [6, 6.07) is 60.2. The van der Waals surface area contributed by atoms with E-state index in [1.807, 2.05) is 29.5 Å². The number of thiophene rings is 1. The van der Waals surface area contributed by atoms with E-state index in [9.17, 15) is 0 Å². The van der Waals surface area contributed by atoms with Crippen molar-refractivity contribution in [3.8, 4) is 39.9 Å². The van der Waals surface area contributed by atoms with Crippen LogP contribution in [0.5, 0.6) is 0 Å². The van der Waals surface area contributed by atoms with Gasteiger partial charge in [-0.3, -0.25) is 0 Å². The predicted octanol–water partition coefficient (Wildman–Crippen LogP) is 12.6. The Labute approximate surface area is 302 Å². The van der Waals surface area contributed by atoms with Gasteiger partial charge in [-0.25, -0.2) is 15.0 Å². The quantitative estimate of drug-likeness (QED) is 0.174. The highest BCUT2D eigenvalue weighted by Gasteiger charge is 2.18. The summed E-state index contributed by atoms with van der Waals surface area (Å²) in [7, 11) is 0. The Morgan fingerprint density at radius 2 is 0.981 bits per heavy atom. The van der Waals surface area contributed by atoms with Crippen molar-refractivity contribution in [1.82, 2.24) is 19.5 Å². The van der Waals surface area contributed by atoms with E-state index in [0.29, 0.717) is 17.5 Å². The average molecular weight is 681 g/mol. The van der Waals surface area contributed by atoms with Gasteiger partial charge in [0.1, 0.15) is 0 Å².